The Hall–Kier alpha value is -1.39. The van der Waals surface area contributed by atoms with E-state index in [0.717, 1.165) is 19.4 Å². The average molecular weight is 262 g/mol. The fourth-order valence-electron chi connectivity index (χ4n) is 2.53. The Labute approximate surface area is 114 Å². The van der Waals surface area contributed by atoms with Gasteiger partial charge in [0.15, 0.2) is 0 Å². The van der Waals surface area contributed by atoms with Gasteiger partial charge >= 0.3 is 0 Å². The van der Waals surface area contributed by atoms with Crippen LogP contribution in [0.4, 0.5) is 0 Å². The summed E-state index contributed by atoms with van der Waals surface area (Å²) < 4.78 is 5.90. The standard InChI is InChI=1S/C15H22N2O2/c1-16-11-14(18)17-10-13-8-5-9-19-15(13)12-6-3-2-4-7-12/h2-4,6-7,13,15-16H,5,8-11H2,1H3,(H,17,18). The molecule has 0 spiro atoms. The summed E-state index contributed by atoms with van der Waals surface area (Å²) >= 11 is 0. The number of hydrogen-bond donors (Lipinski definition) is 2. The van der Waals surface area contributed by atoms with Gasteiger partial charge in [-0.3, -0.25) is 4.79 Å². The Morgan fingerprint density at radius 3 is 2.89 bits per heavy atom. The van der Waals surface area contributed by atoms with Crippen molar-refractivity contribution in [2.45, 2.75) is 18.9 Å². The normalized spacial score (nSPS) is 23.0. The third-order valence-corrected chi connectivity index (χ3v) is 3.47. The Balaban J connectivity index is 1.95. The predicted octanol–water partition coefficient (Wildman–Crippen LogP) is 1.49. The van der Waals surface area contributed by atoms with Gasteiger partial charge in [-0.2, -0.15) is 0 Å². The second-order valence-electron chi connectivity index (χ2n) is 4.94. The van der Waals surface area contributed by atoms with Gasteiger partial charge in [-0.15, -0.1) is 0 Å². The molecule has 1 amide bonds. The van der Waals surface area contributed by atoms with Crippen LogP contribution < -0.4 is 10.6 Å². The molecule has 1 aromatic carbocycles. The highest BCUT2D eigenvalue weighted by Crippen LogP contribution is 2.32. The fourth-order valence-corrected chi connectivity index (χ4v) is 2.53. The molecular formula is C15H22N2O2. The molecule has 1 heterocycles. The van der Waals surface area contributed by atoms with Crippen molar-refractivity contribution >= 4 is 5.91 Å². The second kappa shape index (κ2) is 7.26. The van der Waals surface area contributed by atoms with Crippen LogP contribution in [-0.4, -0.2) is 32.7 Å². The second-order valence-corrected chi connectivity index (χ2v) is 4.94. The number of hydrogen-bond acceptors (Lipinski definition) is 3. The molecule has 0 radical (unpaired) electrons. The summed E-state index contributed by atoms with van der Waals surface area (Å²) in [5.41, 5.74) is 1.20. The first kappa shape index (κ1) is 14.0. The minimum atomic E-state index is 0.0416. The summed E-state index contributed by atoms with van der Waals surface area (Å²) in [5, 5.41) is 5.83. The first-order valence-electron chi connectivity index (χ1n) is 6.89. The van der Waals surface area contributed by atoms with Crippen LogP contribution in [0.3, 0.4) is 0 Å². The van der Waals surface area contributed by atoms with E-state index in [1.165, 1.54) is 5.56 Å². The monoisotopic (exact) mass is 262 g/mol. The molecule has 2 rings (SSSR count). The molecule has 1 fully saturated rings. The van der Waals surface area contributed by atoms with Crippen molar-refractivity contribution in [2.24, 2.45) is 5.92 Å². The van der Waals surface area contributed by atoms with Crippen LogP contribution in [0.1, 0.15) is 24.5 Å². The Morgan fingerprint density at radius 2 is 2.16 bits per heavy atom. The van der Waals surface area contributed by atoms with Gasteiger partial charge in [0, 0.05) is 19.1 Å². The van der Waals surface area contributed by atoms with E-state index in [9.17, 15) is 4.79 Å². The molecule has 104 valence electrons. The summed E-state index contributed by atoms with van der Waals surface area (Å²) in [6, 6.07) is 10.3. The maximum Gasteiger partial charge on any atom is 0.233 e. The topological polar surface area (TPSA) is 50.4 Å². The van der Waals surface area contributed by atoms with Gasteiger partial charge < -0.3 is 15.4 Å². The smallest absolute Gasteiger partial charge is 0.233 e. The first-order valence-corrected chi connectivity index (χ1v) is 6.89. The summed E-state index contributed by atoms with van der Waals surface area (Å²) in [6.45, 7) is 1.85. The number of carbonyl (C=O) groups excluding carboxylic acids is 1. The van der Waals surface area contributed by atoms with E-state index in [-0.39, 0.29) is 12.0 Å². The van der Waals surface area contributed by atoms with Gasteiger partial charge in [0.05, 0.1) is 12.6 Å². The van der Waals surface area contributed by atoms with Gasteiger partial charge in [-0.05, 0) is 25.5 Å². The minimum Gasteiger partial charge on any atom is -0.373 e. The van der Waals surface area contributed by atoms with Crippen molar-refractivity contribution in [3.05, 3.63) is 35.9 Å². The molecule has 0 aliphatic carbocycles. The summed E-state index contributed by atoms with van der Waals surface area (Å²) in [7, 11) is 1.77. The summed E-state index contributed by atoms with van der Waals surface area (Å²) in [5.74, 6) is 0.400. The van der Waals surface area contributed by atoms with Crippen LogP contribution in [0, 0.1) is 5.92 Å². The zero-order valence-electron chi connectivity index (χ0n) is 11.4. The summed E-state index contributed by atoms with van der Waals surface area (Å²) in [6.07, 6.45) is 2.26. The molecule has 0 saturated carbocycles. The van der Waals surface area contributed by atoms with E-state index >= 15 is 0 Å². The largest absolute Gasteiger partial charge is 0.373 e. The van der Waals surface area contributed by atoms with E-state index < -0.39 is 0 Å². The Bertz CT molecular complexity index is 394. The van der Waals surface area contributed by atoms with E-state index in [1.54, 1.807) is 7.05 Å². The van der Waals surface area contributed by atoms with Crippen LogP contribution in [0.15, 0.2) is 30.3 Å². The number of nitrogens with one attached hydrogen (secondary N) is 2. The van der Waals surface area contributed by atoms with Crippen molar-refractivity contribution < 1.29 is 9.53 Å². The lowest BCUT2D eigenvalue weighted by Gasteiger charge is -2.32. The zero-order valence-corrected chi connectivity index (χ0v) is 11.4. The van der Waals surface area contributed by atoms with Crippen molar-refractivity contribution in [3.63, 3.8) is 0 Å². The molecule has 1 aromatic rings. The van der Waals surface area contributed by atoms with Crippen molar-refractivity contribution in [3.8, 4) is 0 Å². The zero-order chi connectivity index (χ0) is 13.5. The molecule has 2 unspecified atom stereocenters. The lowest BCUT2D eigenvalue weighted by molar-refractivity contribution is -0.120. The average Bonchev–Trinajstić information content (AvgIpc) is 2.47. The van der Waals surface area contributed by atoms with Gasteiger partial charge in [-0.1, -0.05) is 30.3 Å². The Morgan fingerprint density at radius 1 is 1.37 bits per heavy atom. The van der Waals surface area contributed by atoms with Crippen molar-refractivity contribution in [1.29, 1.82) is 0 Å². The lowest BCUT2D eigenvalue weighted by Crippen LogP contribution is -2.38. The van der Waals surface area contributed by atoms with Gasteiger partial charge in [0.1, 0.15) is 0 Å². The number of rotatable bonds is 5. The third-order valence-electron chi connectivity index (χ3n) is 3.47. The fraction of sp³-hybridized carbons (Fsp3) is 0.533. The van der Waals surface area contributed by atoms with Gasteiger partial charge in [0.25, 0.3) is 0 Å². The van der Waals surface area contributed by atoms with E-state index in [1.807, 2.05) is 18.2 Å². The molecule has 19 heavy (non-hydrogen) atoms. The van der Waals surface area contributed by atoms with Crippen LogP contribution in [0.25, 0.3) is 0 Å². The number of ether oxygens (including phenoxy) is 1. The van der Waals surface area contributed by atoms with Crippen LogP contribution in [0.5, 0.6) is 0 Å². The van der Waals surface area contributed by atoms with Crippen LogP contribution in [0.2, 0.25) is 0 Å². The van der Waals surface area contributed by atoms with Crippen LogP contribution in [-0.2, 0) is 9.53 Å². The molecule has 1 saturated heterocycles. The molecule has 2 N–H and O–H groups in total. The SMILES string of the molecule is CNCC(=O)NCC1CCCOC1c1ccccc1. The maximum absolute atomic E-state index is 11.5. The highest BCUT2D eigenvalue weighted by Gasteiger charge is 2.27. The van der Waals surface area contributed by atoms with E-state index in [2.05, 4.69) is 22.8 Å². The number of carbonyl (C=O) groups is 1. The third kappa shape index (κ3) is 4.04. The Kier molecular flexibility index (Phi) is 5.36. The maximum atomic E-state index is 11.5. The molecule has 1 aliphatic rings. The highest BCUT2D eigenvalue weighted by atomic mass is 16.5. The summed E-state index contributed by atoms with van der Waals surface area (Å²) in [4.78, 5) is 11.5. The molecule has 0 aromatic heterocycles. The lowest BCUT2D eigenvalue weighted by atomic mass is 9.89. The first-order chi connectivity index (χ1) is 9.31. The van der Waals surface area contributed by atoms with Gasteiger partial charge in [-0.25, -0.2) is 0 Å². The van der Waals surface area contributed by atoms with E-state index in [0.29, 0.717) is 19.0 Å². The predicted molar refractivity (Wildman–Crippen MR) is 74.8 cm³/mol. The molecule has 1 aliphatic heterocycles. The van der Waals surface area contributed by atoms with Crippen LogP contribution >= 0.6 is 0 Å². The molecule has 2 atom stereocenters. The van der Waals surface area contributed by atoms with Gasteiger partial charge in [0.2, 0.25) is 5.91 Å². The molecular weight excluding hydrogens is 240 g/mol. The van der Waals surface area contributed by atoms with Crippen molar-refractivity contribution in [2.75, 3.05) is 26.7 Å². The number of likely N-dealkylation sites (N-methyl/N-ethyl adjacent to an activating group) is 1. The van der Waals surface area contributed by atoms with E-state index in [4.69, 9.17) is 4.74 Å². The number of benzene rings is 1. The minimum absolute atomic E-state index is 0.0416. The molecule has 4 nitrogen and oxygen atoms in total. The number of amides is 1. The quantitative estimate of drug-likeness (QED) is 0.845. The highest BCUT2D eigenvalue weighted by molar-refractivity contribution is 5.77. The molecule has 0 bridgehead atoms. The molecule has 4 heteroatoms. The van der Waals surface area contributed by atoms with Crippen molar-refractivity contribution in [1.82, 2.24) is 10.6 Å².